The third-order valence-electron chi connectivity index (χ3n) is 0.864. The van der Waals surface area contributed by atoms with E-state index in [0.29, 0.717) is 6.04 Å². The van der Waals surface area contributed by atoms with E-state index in [1.807, 2.05) is 0 Å². The van der Waals surface area contributed by atoms with Crippen molar-refractivity contribution in [3.63, 3.8) is 0 Å². The molecule has 0 unspecified atom stereocenters. The van der Waals surface area contributed by atoms with Crippen LogP contribution < -0.4 is 5.32 Å². The Balaban J connectivity index is 2.93. The largest absolute Gasteiger partial charge is 0.314 e. The molecule has 1 heteroatoms. The van der Waals surface area contributed by atoms with E-state index in [4.69, 9.17) is 0 Å². The molecule has 0 fully saturated rings. The first-order chi connectivity index (χ1) is 3.63. The van der Waals surface area contributed by atoms with Crippen LogP contribution in [-0.2, 0) is 0 Å². The second-order valence-corrected chi connectivity index (χ2v) is 2.74. The lowest BCUT2D eigenvalue weighted by atomic mass is 10.2. The molecule has 0 aromatic heterocycles. The van der Waals surface area contributed by atoms with Crippen LogP contribution in [-0.4, -0.2) is 12.6 Å². The summed E-state index contributed by atoms with van der Waals surface area (Å²) in [7, 11) is 0. The molecule has 1 radical (unpaired) electrons. The molecular weight excluding hydrogens is 98.1 g/mol. The maximum atomic E-state index is 3.31. The minimum atomic E-state index is 0.616. The minimum absolute atomic E-state index is 0.616. The maximum absolute atomic E-state index is 3.31. The van der Waals surface area contributed by atoms with Crippen molar-refractivity contribution in [2.45, 2.75) is 33.7 Å². The van der Waals surface area contributed by atoms with Crippen molar-refractivity contribution in [1.29, 1.82) is 0 Å². The molecule has 0 bridgehead atoms. The van der Waals surface area contributed by atoms with Gasteiger partial charge in [0.15, 0.2) is 0 Å². The Labute approximate surface area is 52.5 Å². The third-order valence-corrected chi connectivity index (χ3v) is 0.864. The molecule has 0 heterocycles. The summed E-state index contributed by atoms with van der Waals surface area (Å²) in [5.41, 5.74) is 0. The molecule has 0 aliphatic heterocycles. The normalized spacial score (nSPS) is 11.2. The summed E-state index contributed by atoms with van der Waals surface area (Å²) in [6.07, 6.45) is 0. The molecule has 0 saturated heterocycles. The lowest BCUT2D eigenvalue weighted by Gasteiger charge is -2.08. The van der Waals surface area contributed by atoms with Gasteiger partial charge in [-0.15, -0.1) is 0 Å². The highest BCUT2D eigenvalue weighted by Gasteiger charge is 1.93. The zero-order valence-electron chi connectivity index (χ0n) is 6.28. The molecule has 0 spiro atoms. The molecule has 0 amide bonds. The van der Waals surface area contributed by atoms with Gasteiger partial charge in [0, 0.05) is 12.6 Å². The fourth-order valence-electron chi connectivity index (χ4n) is 0.408. The van der Waals surface area contributed by atoms with E-state index < -0.39 is 0 Å². The third kappa shape index (κ3) is 5.96. The van der Waals surface area contributed by atoms with Crippen molar-refractivity contribution in [3.8, 4) is 0 Å². The molecule has 0 saturated carbocycles. The van der Waals surface area contributed by atoms with Crippen molar-refractivity contribution in [1.82, 2.24) is 5.32 Å². The molecule has 49 valence electrons. The van der Waals surface area contributed by atoms with Crippen LogP contribution in [0.1, 0.15) is 27.7 Å². The Morgan fingerprint density at radius 3 is 2.00 bits per heavy atom. The molecule has 1 N–H and O–H groups in total. The first-order valence-electron chi connectivity index (χ1n) is 3.15. The average molecular weight is 114 g/mol. The van der Waals surface area contributed by atoms with Crippen molar-refractivity contribution >= 4 is 0 Å². The number of rotatable bonds is 3. The van der Waals surface area contributed by atoms with Gasteiger partial charge in [-0.2, -0.15) is 0 Å². The van der Waals surface area contributed by atoms with Crippen molar-refractivity contribution < 1.29 is 0 Å². The summed E-state index contributed by atoms with van der Waals surface area (Å²) >= 11 is 0. The first kappa shape index (κ1) is 7.96. The van der Waals surface area contributed by atoms with Crippen LogP contribution in [0.2, 0.25) is 0 Å². The molecular formula is C7H16N. The van der Waals surface area contributed by atoms with Crippen molar-refractivity contribution in [2.75, 3.05) is 6.54 Å². The summed E-state index contributed by atoms with van der Waals surface area (Å²) < 4.78 is 0. The van der Waals surface area contributed by atoms with Gasteiger partial charge in [0.1, 0.15) is 0 Å². The lowest BCUT2D eigenvalue weighted by Crippen LogP contribution is -2.25. The Bertz CT molecular complexity index is 40.3. The SMILES string of the molecule is C[C](C)CNC(C)C. The molecule has 0 atom stereocenters. The second kappa shape index (κ2) is 3.90. The fraction of sp³-hybridized carbons (Fsp3) is 0.857. The summed E-state index contributed by atoms with van der Waals surface area (Å²) in [4.78, 5) is 0. The summed E-state index contributed by atoms with van der Waals surface area (Å²) in [6, 6.07) is 0.616. The van der Waals surface area contributed by atoms with E-state index in [9.17, 15) is 0 Å². The van der Waals surface area contributed by atoms with Crippen LogP contribution in [0.4, 0.5) is 0 Å². The molecule has 8 heavy (non-hydrogen) atoms. The van der Waals surface area contributed by atoms with E-state index in [0.717, 1.165) is 6.54 Å². The van der Waals surface area contributed by atoms with Gasteiger partial charge in [-0.25, -0.2) is 0 Å². The highest BCUT2D eigenvalue weighted by molar-refractivity contribution is 4.80. The van der Waals surface area contributed by atoms with Crippen LogP contribution in [0, 0.1) is 5.92 Å². The standard InChI is InChI=1S/C7H16N/c1-6(2)5-8-7(3)4/h7-8H,5H2,1-4H3. The molecule has 0 aromatic rings. The smallest absolute Gasteiger partial charge is 0.00106 e. The van der Waals surface area contributed by atoms with Crippen LogP contribution in [0.3, 0.4) is 0 Å². The fourth-order valence-corrected chi connectivity index (χ4v) is 0.408. The van der Waals surface area contributed by atoms with E-state index in [-0.39, 0.29) is 0 Å². The van der Waals surface area contributed by atoms with Crippen LogP contribution in [0.15, 0.2) is 0 Å². The monoisotopic (exact) mass is 114 g/mol. The quantitative estimate of drug-likeness (QED) is 0.587. The lowest BCUT2D eigenvalue weighted by molar-refractivity contribution is 0.598. The summed E-state index contributed by atoms with van der Waals surface area (Å²) in [5, 5.41) is 3.31. The number of hydrogen-bond acceptors (Lipinski definition) is 1. The predicted octanol–water partition coefficient (Wildman–Crippen LogP) is 1.60. The Morgan fingerprint density at radius 1 is 1.38 bits per heavy atom. The Hall–Kier alpha value is -0.0400. The summed E-state index contributed by atoms with van der Waals surface area (Å²) in [6.45, 7) is 9.63. The summed E-state index contributed by atoms with van der Waals surface area (Å²) in [5.74, 6) is 1.44. The molecule has 0 aliphatic carbocycles. The topological polar surface area (TPSA) is 12.0 Å². The second-order valence-electron chi connectivity index (χ2n) is 2.74. The molecule has 0 aliphatic rings. The van der Waals surface area contributed by atoms with Gasteiger partial charge in [0.2, 0.25) is 0 Å². The predicted molar refractivity (Wildman–Crippen MR) is 37.7 cm³/mol. The first-order valence-corrected chi connectivity index (χ1v) is 3.15. The maximum Gasteiger partial charge on any atom is 0.00106 e. The number of hydrogen-bond donors (Lipinski definition) is 1. The molecule has 1 nitrogen and oxygen atoms in total. The van der Waals surface area contributed by atoms with E-state index in [2.05, 4.69) is 33.0 Å². The van der Waals surface area contributed by atoms with Crippen molar-refractivity contribution in [2.24, 2.45) is 0 Å². The van der Waals surface area contributed by atoms with Gasteiger partial charge < -0.3 is 5.32 Å². The molecule has 0 rings (SSSR count). The van der Waals surface area contributed by atoms with Crippen LogP contribution in [0.5, 0.6) is 0 Å². The zero-order valence-corrected chi connectivity index (χ0v) is 6.28. The Kier molecular flexibility index (Phi) is 3.88. The van der Waals surface area contributed by atoms with Gasteiger partial charge in [0.05, 0.1) is 0 Å². The van der Waals surface area contributed by atoms with E-state index in [1.165, 1.54) is 5.92 Å². The van der Waals surface area contributed by atoms with E-state index in [1.54, 1.807) is 0 Å². The van der Waals surface area contributed by atoms with Crippen LogP contribution >= 0.6 is 0 Å². The van der Waals surface area contributed by atoms with Gasteiger partial charge in [0.25, 0.3) is 0 Å². The zero-order chi connectivity index (χ0) is 6.57. The van der Waals surface area contributed by atoms with Crippen molar-refractivity contribution in [3.05, 3.63) is 5.92 Å². The highest BCUT2D eigenvalue weighted by atomic mass is 14.9. The van der Waals surface area contributed by atoms with Gasteiger partial charge in [-0.1, -0.05) is 27.7 Å². The van der Waals surface area contributed by atoms with E-state index >= 15 is 0 Å². The number of nitrogens with one attached hydrogen (secondary N) is 1. The van der Waals surface area contributed by atoms with Gasteiger partial charge in [-0.3, -0.25) is 0 Å². The van der Waals surface area contributed by atoms with Gasteiger partial charge in [-0.05, 0) is 5.92 Å². The highest BCUT2D eigenvalue weighted by Crippen LogP contribution is 1.90. The van der Waals surface area contributed by atoms with Gasteiger partial charge >= 0.3 is 0 Å². The average Bonchev–Trinajstić information content (AvgIpc) is 1.61. The minimum Gasteiger partial charge on any atom is -0.314 e. The van der Waals surface area contributed by atoms with Crippen LogP contribution in [0.25, 0.3) is 0 Å². The molecule has 0 aromatic carbocycles. The Morgan fingerprint density at radius 2 is 1.88 bits per heavy atom.